The number of carbonyl (C=O) groups excluding carboxylic acids is 2. The van der Waals surface area contributed by atoms with E-state index in [9.17, 15) is 14.7 Å². The van der Waals surface area contributed by atoms with Crippen LogP contribution in [-0.4, -0.2) is 38.7 Å². The minimum atomic E-state index is -1.75. The van der Waals surface area contributed by atoms with Crippen LogP contribution < -0.4 is 21.7 Å². The lowest BCUT2D eigenvalue weighted by Crippen LogP contribution is -2.67. The number of rotatable bonds is 5. The number of nitrogens with two attached hydrogens (primary N) is 1. The Morgan fingerprint density at radius 3 is 2.55 bits per heavy atom. The molecule has 31 heavy (non-hydrogen) atoms. The van der Waals surface area contributed by atoms with Crippen LogP contribution in [0.3, 0.4) is 0 Å². The molecule has 2 aliphatic carbocycles. The van der Waals surface area contributed by atoms with Crippen molar-refractivity contribution in [2.24, 2.45) is 5.73 Å². The highest BCUT2D eigenvalue weighted by Gasteiger charge is 2.52. The van der Waals surface area contributed by atoms with Gasteiger partial charge in [0.25, 0.3) is 0 Å². The van der Waals surface area contributed by atoms with Gasteiger partial charge in [-0.05, 0) is 36.6 Å². The maximum absolute atomic E-state index is 11.6. The van der Waals surface area contributed by atoms with Gasteiger partial charge in [0.05, 0.1) is 0 Å². The normalized spacial score (nSPS) is 26.1. The lowest BCUT2D eigenvalue weighted by molar-refractivity contribution is -0.114. The number of hydrogen-bond donors (Lipinski definition) is 5. The number of carbonyl (C=O) groups is 2. The molecule has 1 aromatic carbocycles. The maximum atomic E-state index is 11.6. The van der Waals surface area contributed by atoms with Crippen molar-refractivity contribution in [2.45, 2.75) is 55.7 Å². The minimum absolute atomic E-state index is 0.0551. The monoisotopic (exact) mass is 462 g/mol. The highest BCUT2D eigenvalue weighted by molar-refractivity contribution is 7.80. The fourth-order valence-corrected chi connectivity index (χ4v) is 4.66. The van der Waals surface area contributed by atoms with Crippen LogP contribution in [0.1, 0.15) is 44.6 Å². The van der Waals surface area contributed by atoms with Crippen molar-refractivity contribution in [2.75, 3.05) is 5.32 Å². The van der Waals surface area contributed by atoms with Gasteiger partial charge >= 0.3 is 6.03 Å². The van der Waals surface area contributed by atoms with E-state index in [0.29, 0.717) is 16.8 Å². The molecule has 0 saturated heterocycles. The lowest BCUT2D eigenvalue weighted by atomic mass is 9.82. The van der Waals surface area contributed by atoms with Gasteiger partial charge in [-0.25, -0.2) is 4.79 Å². The topological polar surface area (TPSA) is 116 Å². The van der Waals surface area contributed by atoms with Gasteiger partial charge < -0.3 is 21.5 Å². The Morgan fingerprint density at radius 2 is 1.90 bits per heavy atom. The Bertz CT molecular complexity index is 944. The second-order valence-corrected chi connectivity index (χ2v) is 8.94. The summed E-state index contributed by atoms with van der Waals surface area (Å²) in [5.41, 5.74) is 5.43. The molecule has 0 aliphatic heterocycles. The minimum Gasteiger partial charge on any atom is -0.370 e. The smallest absolute Gasteiger partial charge is 0.317 e. The standard InChI is InChI=1S/C22H27ClN4O3S/c1-14(28)25-18-10-6-5-9-17(18)15-11-12-22(30,27-16-7-3-2-4-8-16)21(23,13-15)19(31)26-20(24)29/h5-6,9-13,16,27,30H,2-4,7-8H2,1H3,(H,25,28)(H3,24,26,29,31). The summed E-state index contributed by atoms with van der Waals surface area (Å²) in [5, 5.41) is 20.0. The lowest BCUT2D eigenvalue weighted by Gasteiger charge is -2.45. The van der Waals surface area contributed by atoms with Crippen LogP contribution in [0.5, 0.6) is 0 Å². The van der Waals surface area contributed by atoms with Crippen molar-refractivity contribution in [1.29, 1.82) is 0 Å². The number of alkyl halides is 1. The number of nitrogens with one attached hydrogen (secondary N) is 3. The van der Waals surface area contributed by atoms with Crippen molar-refractivity contribution in [1.82, 2.24) is 10.6 Å². The van der Waals surface area contributed by atoms with Crippen molar-refractivity contribution in [3.63, 3.8) is 0 Å². The van der Waals surface area contributed by atoms with Crippen LogP contribution in [0, 0.1) is 0 Å². The van der Waals surface area contributed by atoms with E-state index in [1.54, 1.807) is 30.4 Å². The Hall–Kier alpha value is -2.26. The van der Waals surface area contributed by atoms with Crippen LogP contribution in [0.4, 0.5) is 10.5 Å². The molecule has 2 unspecified atom stereocenters. The van der Waals surface area contributed by atoms with Crippen molar-refractivity contribution in [3.05, 3.63) is 48.1 Å². The van der Waals surface area contributed by atoms with Crippen LogP contribution in [0.2, 0.25) is 0 Å². The molecule has 166 valence electrons. The average molecular weight is 463 g/mol. The molecule has 1 aromatic rings. The molecule has 0 bridgehead atoms. The molecule has 9 heteroatoms. The summed E-state index contributed by atoms with van der Waals surface area (Å²) < 4.78 is 0. The van der Waals surface area contributed by atoms with E-state index < -0.39 is 16.6 Å². The van der Waals surface area contributed by atoms with E-state index in [-0.39, 0.29) is 16.9 Å². The van der Waals surface area contributed by atoms with Crippen molar-refractivity contribution in [3.8, 4) is 0 Å². The average Bonchev–Trinajstić information content (AvgIpc) is 2.70. The van der Waals surface area contributed by atoms with Gasteiger partial charge in [-0.1, -0.05) is 55.8 Å². The summed E-state index contributed by atoms with van der Waals surface area (Å²) in [6.07, 6.45) is 9.94. The SMILES string of the molecule is CC(=O)Nc1ccccc1C1=CC(Cl)(C(=S)NC(N)=O)C(O)(NC2CCCCC2)C=C1. The zero-order valence-electron chi connectivity index (χ0n) is 17.3. The van der Waals surface area contributed by atoms with Gasteiger partial charge in [-0.15, -0.1) is 11.6 Å². The molecule has 2 atom stereocenters. The third kappa shape index (κ3) is 5.15. The number of hydrogen-bond acceptors (Lipinski definition) is 5. The number of primary amides is 1. The molecule has 3 amide bonds. The number of urea groups is 1. The summed E-state index contributed by atoms with van der Waals surface area (Å²) in [6.45, 7) is 1.42. The Balaban J connectivity index is 2.03. The molecule has 1 saturated carbocycles. The first-order valence-electron chi connectivity index (χ1n) is 10.2. The summed E-state index contributed by atoms with van der Waals surface area (Å²) in [6, 6.07) is 6.40. The highest BCUT2D eigenvalue weighted by atomic mass is 35.5. The number of aliphatic hydroxyl groups is 1. The van der Waals surface area contributed by atoms with Crippen LogP contribution in [0.25, 0.3) is 5.57 Å². The second kappa shape index (κ2) is 9.48. The molecule has 2 aliphatic rings. The predicted octanol–water partition coefficient (Wildman–Crippen LogP) is 3.18. The summed E-state index contributed by atoms with van der Waals surface area (Å²) in [4.78, 5) is 21.3. The number of allylic oxidation sites excluding steroid dienone is 2. The largest absolute Gasteiger partial charge is 0.370 e. The Morgan fingerprint density at radius 1 is 1.23 bits per heavy atom. The van der Waals surface area contributed by atoms with Gasteiger partial charge in [-0.2, -0.15) is 0 Å². The zero-order chi connectivity index (χ0) is 22.6. The fraction of sp³-hybridized carbons (Fsp3) is 0.409. The number of benzene rings is 1. The molecular weight excluding hydrogens is 436 g/mol. The van der Waals surface area contributed by atoms with Crippen molar-refractivity contribution < 1.29 is 14.7 Å². The van der Waals surface area contributed by atoms with E-state index in [1.807, 2.05) is 12.1 Å². The quantitative estimate of drug-likeness (QED) is 0.262. The van der Waals surface area contributed by atoms with E-state index in [1.165, 1.54) is 6.92 Å². The van der Waals surface area contributed by atoms with Gasteiger partial charge in [0.2, 0.25) is 5.91 Å². The number of halogens is 1. The molecular formula is C22H27ClN4O3S. The molecule has 0 aromatic heterocycles. The summed E-state index contributed by atoms with van der Waals surface area (Å²) in [5.74, 6) is -0.216. The molecule has 0 radical (unpaired) electrons. The highest BCUT2D eigenvalue weighted by Crippen LogP contribution is 2.41. The zero-order valence-corrected chi connectivity index (χ0v) is 18.9. The van der Waals surface area contributed by atoms with E-state index in [4.69, 9.17) is 29.6 Å². The Kier molecular flexibility index (Phi) is 7.16. The van der Waals surface area contributed by atoms with Crippen LogP contribution in [0.15, 0.2) is 42.5 Å². The van der Waals surface area contributed by atoms with Crippen LogP contribution in [-0.2, 0) is 4.79 Å². The fourth-order valence-electron chi connectivity index (χ4n) is 4.06. The molecule has 1 fully saturated rings. The Labute approximate surface area is 192 Å². The number of amides is 3. The second-order valence-electron chi connectivity index (χ2n) is 7.94. The van der Waals surface area contributed by atoms with Crippen molar-refractivity contribution >= 4 is 52.0 Å². The molecule has 0 spiro atoms. The molecule has 3 rings (SSSR count). The van der Waals surface area contributed by atoms with E-state index in [2.05, 4.69) is 16.0 Å². The number of anilines is 1. The number of thiocarbonyl (C=S) groups is 1. The molecule has 6 N–H and O–H groups in total. The first-order chi connectivity index (χ1) is 14.6. The van der Waals surface area contributed by atoms with Crippen LogP contribution >= 0.6 is 23.8 Å². The summed E-state index contributed by atoms with van der Waals surface area (Å²) in [7, 11) is 0. The van der Waals surface area contributed by atoms with Gasteiger partial charge in [0.15, 0.2) is 10.6 Å². The van der Waals surface area contributed by atoms with Gasteiger partial charge in [-0.3, -0.25) is 10.1 Å². The van der Waals surface area contributed by atoms with E-state index >= 15 is 0 Å². The molecule has 0 heterocycles. The molecule has 7 nitrogen and oxygen atoms in total. The first-order valence-corrected chi connectivity index (χ1v) is 11.0. The third-order valence-corrected chi connectivity index (χ3v) is 6.68. The van der Waals surface area contributed by atoms with Gasteiger partial charge in [0.1, 0.15) is 4.99 Å². The number of para-hydroxylation sites is 1. The van der Waals surface area contributed by atoms with E-state index in [0.717, 1.165) is 32.1 Å². The maximum Gasteiger partial charge on any atom is 0.317 e. The first kappa shape index (κ1) is 23.4. The predicted molar refractivity (Wildman–Crippen MR) is 127 cm³/mol. The summed E-state index contributed by atoms with van der Waals surface area (Å²) >= 11 is 12.4. The third-order valence-electron chi connectivity index (χ3n) is 5.56. The van der Waals surface area contributed by atoms with Gasteiger partial charge in [0, 0.05) is 24.2 Å².